The van der Waals surface area contributed by atoms with E-state index in [1.807, 2.05) is 0 Å². The van der Waals surface area contributed by atoms with Crippen molar-refractivity contribution in [1.29, 1.82) is 0 Å². The summed E-state index contributed by atoms with van der Waals surface area (Å²) >= 11 is 0. The number of ether oxygens (including phenoxy) is 2. The third-order valence-electron chi connectivity index (χ3n) is 6.67. The number of carboxylic acid groups (broad SMARTS) is 1. The Morgan fingerprint density at radius 2 is 1.68 bits per heavy atom. The smallest absolute Gasteiger partial charge is 0.335 e. The molecule has 5 aromatic rings. The molecule has 2 aromatic heterocycles. The molecule has 0 aliphatic rings. The van der Waals surface area contributed by atoms with Crippen molar-refractivity contribution in [3.63, 3.8) is 0 Å². The Morgan fingerprint density at radius 3 is 2.41 bits per heavy atom. The molecule has 0 saturated heterocycles. The minimum atomic E-state index is -1.06. The van der Waals surface area contributed by atoms with Crippen molar-refractivity contribution in [2.24, 2.45) is 0 Å². The van der Waals surface area contributed by atoms with Crippen LogP contribution in [0.25, 0.3) is 22.3 Å². The van der Waals surface area contributed by atoms with Gasteiger partial charge in [-0.3, -0.25) is 0 Å². The lowest BCUT2D eigenvalue weighted by atomic mass is 10.0. The molecule has 0 bridgehead atoms. The van der Waals surface area contributed by atoms with Crippen LogP contribution in [0.5, 0.6) is 5.88 Å². The lowest BCUT2D eigenvalue weighted by molar-refractivity contribution is 0.0697. The van der Waals surface area contributed by atoms with Crippen LogP contribution in [0.4, 0.5) is 13.2 Å². The number of halogens is 3. The fourth-order valence-electron chi connectivity index (χ4n) is 4.51. The van der Waals surface area contributed by atoms with Gasteiger partial charge in [0.2, 0.25) is 5.88 Å². The minimum absolute atomic E-state index is 0.0680. The molecule has 0 fully saturated rings. The number of hydrogen-bond acceptors (Lipinski definition) is 5. The highest BCUT2D eigenvalue weighted by atomic mass is 19.1. The Hall–Kier alpha value is -4.70. The van der Waals surface area contributed by atoms with Gasteiger partial charge in [-0.1, -0.05) is 24.3 Å². The summed E-state index contributed by atoms with van der Waals surface area (Å²) in [7, 11) is 1.55. The molecule has 5 rings (SSSR count). The fraction of sp³-hybridized carbons (Fsp3) is 0.194. The van der Waals surface area contributed by atoms with Crippen LogP contribution in [0.2, 0.25) is 0 Å². The van der Waals surface area contributed by atoms with E-state index in [0.29, 0.717) is 41.1 Å². The van der Waals surface area contributed by atoms with Crippen LogP contribution in [-0.4, -0.2) is 39.3 Å². The van der Waals surface area contributed by atoms with Crippen LogP contribution in [0.15, 0.2) is 66.7 Å². The Kier molecular flexibility index (Phi) is 8.02. The second-order valence-corrected chi connectivity index (χ2v) is 9.53. The Morgan fingerprint density at radius 1 is 0.902 bits per heavy atom. The number of nitrogens with zero attached hydrogens (tertiary/aromatic N) is 3. The van der Waals surface area contributed by atoms with Crippen molar-refractivity contribution in [3.05, 3.63) is 112 Å². The van der Waals surface area contributed by atoms with Crippen molar-refractivity contribution in [1.82, 2.24) is 14.5 Å². The molecule has 0 amide bonds. The number of rotatable bonds is 10. The number of fused-ring (bicyclic) bond motifs is 1. The maximum absolute atomic E-state index is 15.3. The highest BCUT2D eigenvalue weighted by molar-refractivity contribution is 5.92. The van der Waals surface area contributed by atoms with Crippen LogP contribution in [-0.2, 0) is 24.3 Å². The van der Waals surface area contributed by atoms with E-state index in [2.05, 4.69) is 9.97 Å². The monoisotopic (exact) mass is 561 g/mol. The normalized spacial score (nSPS) is 11.2. The van der Waals surface area contributed by atoms with Gasteiger partial charge in [-0.2, -0.15) is 0 Å². The summed E-state index contributed by atoms with van der Waals surface area (Å²) in [6.07, 6.45) is 0.105. The summed E-state index contributed by atoms with van der Waals surface area (Å²) in [5.74, 6) is -2.14. The average Bonchev–Trinajstić information content (AvgIpc) is 3.29. The maximum atomic E-state index is 15.3. The van der Waals surface area contributed by atoms with E-state index in [9.17, 15) is 18.7 Å². The molecule has 1 N–H and O–H groups in total. The first-order chi connectivity index (χ1) is 19.7. The van der Waals surface area contributed by atoms with Gasteiger partial charge in [0.25, 0.3) is 0 Å². The molecule has 0 saturated carbocycles. The second kappa shape index (κ2) is 11.8. The number of carboxylic acids is 1. The SMILES string of the molecule is COCCn1c(Cc2ccc(-c3nc(OCc4ccc(C)cc4F)ccc3F)cc2F)nc2ccc(C(=O)O)cc21. The van der Waals surface area contributed by atoms with E-state index in [1.165, 1.54) is 42.5 Å². The molecule has 0 aliphatic heterocycles. The zero-order valence-corrected chi connectivity index (χ0v) is 22.3. The Bertz CT molecular complexity index is 1750. The molecular weight excluding hydrogens is 535 g/mol. The molecule has 210 valence electrons. The lowest BCUT2D eigenvalue weighted by Crippen LogP contribution is -2.10. The van der Waals surface area contributed by atoms with Crippen molar-refractivity contribution in [2.75, 3.05) is 13.7 Å². The highest BCUT2D eigenvalue weighted by Gasteiger charge is 2.17. The van der Waals surface area contributed by atoms with Crippen molar-refractivity contribution in [3.8, 4) is 17.1 Å². The molecule has 3 aromatic carbocycles. The molecule has 0 aliphatic carbocycles. The molecular formula is C31H26F3N3O4. The van der Waals surface area contributed by atoms with Gasteiger partial charge in [0.05, 0.1) is 23.2 Å². The van der Waals surface area contributed by atoms with E-state index >= 15 is 4.39 Å². The van der Waals surface area contributed by atoms with Gasteiger partial charge >= 0.3 is 5.97 Å². The van der Waals surface area contributed by atoms with Crippen molar-refractivity contribution >= 4 is 17.0 Å². The predicted molar refractivity (Wildman–Crippen MR) is 146 cm³/mol. The quantitative estimate of drug-likeness (QED) is 0.214. The first kappa shape index (κ1) is 27.9. The van der Waals surface area contributed by atoms with Crippen molar-refractivity contribution in [2.45, 2.75) is 26.5 Å². The fourth-order valence-corrected chi connectivity index (χ4v) is 4.51. The summed E-state index contributed by atoms with van der Waals surface area (Å²) in [6, 6.07) is 16.1. The summed E-state index contributed by atoms with van der Waals surface area (Å²) in [5, 5.41) is 9.39. The number of hydrogen-bond donors (Lipinski definition) is 1. The van der Waals surface area contributed by atoms with Crippen LogP contribution in [0.3, 0.4) is 0 Å². The summed E-state index contributed by atoms with van der Waals surface area (Å²) < 4.78 is 56.8. The lowest BCUT2D eigenvalue weighted by Gasteiger charge is -2.11. The van der Waals surface area contributed by atoms with Crippen LogP contribution in [0.1, 0.15) is 32.9 Å². The van der Waals surface area contributed by atoms with Gasteiger partial charge in [0.15, 0.2) is 0 Å². The molecule has 7 nitrogen and oxygen atoms in total. The van der Waals surface area contributed by atoms with E-state index < -0.39 is 23.4 Å². The third kappa shape index (κ3) is 6.07. The number of methoxy groups -OCH3 is 1. The molecule has 2 heterocycles. The van der Waals surface area contributed by atoms with Gasteiger partial charge in [-0.15, -0.1) is 0 Å². The second-order valence-electron chi connectivity index (χ2n) is 9.53. The van der Waals surface area contributed by atoms with Gasteiger partial charge in [-0.05, 0) is 54.4 Å². The molecule has 41 heavy (non-hydrogen) atoms. The third-order valence-corrected chi connectivity index (χ3v) is 6.67. The van der Waals surface area contributed by atoms with Gasteiger partial charge in [0, 0.05) is 37.3 Å². The van der Waals surface area contributed by atoms with Gasteiger partial charge < -0.3 is 19.1 Å². The number of benzene rings is 3. The van der Waals surface area contributed by atoms with Crippen molar-refractivity contribution < 1.29 is 32.5 Å². The number of imidazole rings is 1. The number of aryl methyl sites for hydroxylation is 1. The first-order valence-electron chi connectivity index (χ1n) is 12.8. The number of aromatic carboxylic acids is 1. The summed E-state index contributed by atoms with van der Waals surface area (Å²) in [6.45, 7) is 2.41. The minimum Gasteiger partial charge on any atom is -0.478 e. The Balaban J connectivity index is 1.40. The van der Waals surface area contributed by atoms with E-state index in [0.717, 1.165) is 5.56 Å². The molecule has 0 radical (unpaired) electrons. The van der Waals surface area contributed by atoms with E-state index in [1.54, 1.807) is 42.9 Å². The number of aromatic nitrogens is 3. The zero-order valence-electron chi connectivity index (χ0n) is 22.3. The van der Waals surface area contributed by atoms with Gasteiger partial charge in [0.1, 0.15) is 35.6 Å². The highest BCUT2D eigenvalue weighted by Crippen LogP contribution is 2.28. The molecule has 0 atom stereocenters. The average molecular weight is 562 g/mol. The first-order valence-corrected chi connectivity index (χ1v) is 12.8. The standard InChI is InChI=1S/C31H26F3N3O4/c1-18-3-4-22(24(33)13-18)17-41-29-10-8-23(32)30(36-29)20-6-5-19(25(34)14-20)16-28-35-26-9-7-21(31(38)39)15-27(26)37(28)11-12-40-2/h3-10,13-15H,11-12,16-17H2,1-2H3,(H,38,39). The summed E-state index contributed by atoms with van der Waals surface area (Å²) in [4.78, 5) is 20.3. The maximum Gasteiger partial charge on any atom is 0.335 e. The largest absolute Gasteiger partial charge is 0.478 e. The summed E-state index contributed by atoms with van der Waals surface area (Å²) in [5.41, 5.74) is 2.80. The van der Waals surface area contributed by atoms with Crippen LogP contribution >= 0.6 is 0 Å². The van der Waals surface area contributed by atoms with E-state index in [4.69, 9.17) is 9.47 Å². The Labute approximate surface area is 233 Å². The van der Waals surface area contributed by atoms with E-state index in [-0.39, 0.29) is 35.7 Å². The number of carbonyl (C=O) groups is 1. The number of pyridine rings is 1. The molecule has 0 unspecified atom stereocenters. The zero-order chi connectivity index (χ0) is 29.1. The molecule has 10 heteroatoms. The molecule has 0 spiro atoms. The van der Waals surface area contributed by atoms with Crippen LogP contribution in [0, 0.1) is 24.4 Å². The predicted octanol–water partition coefficient (Wildman–Crippen LogP) is 6.34. The topological polar surface area (TPSA) is 86.5 Å². The van der Waals surface area contributed by atoms with Crippen LogP contribution < -0.4 is 4.74 Å². The van der Waals surface area contributed by atoms with Gasteiger partial charge in [-0.25, -0.2) is 27.9 Å².